The summed E-state index contributed by atoms with van der Waals surface area (Å²) in [5.41, 5.74) is 3.18. The summed E-state index contributed by atoms with van der Waals surface area (Å²) in [4.78, 5) is 26.1. The number of hydrogen-bond acceptors (Lipinski definition) is 2. The van der Waals surface area contributed by atoms with Crippen LogP contribution in [0.2, 0.25) is 0 Å². The van der Waals surface area contributed by atoms with Crippen LogP contribution in [0.15, 0.2) is 48.5 Å². The Bertz CT molecular complexity index is 843. The SMILES string of the molecule is CC(C)(C)c1ccccc1C1CCN(C(=O)c2ccccc2C(=O)O)CC1. The molecule has 4 nitrogen and oxygen atoms in total. The van der Waals surface area contributed by atoms with Crippen molar-refractivity contribution in [3.05, 3.63) is 70.8 Å². The number of rotatable bonds is 3. The highest BCUT2D eigenvalue weighted by atomic mass is 16.4. The van der Waals surface area contributed by atoms with Crippen LogP contribution < -0.4 is 0 Å². The minimum absolute atomic E-state index is 0.0719. The third-order valence-electron chi connectivity index (χ3n) is 5.38. The summed E-state index contributed by atoms with van der Waals surface area (Å²) in [5, 5.41) is 9.34. The lowest BCUT2D eigenvalue weighted by Crippen LogP contribution is -2.38. The van der Waals surface area contributed by atoms with E-state index in [1.54, 1.807) is 23.1 Å². The molecular weight excluding hydrogens is 338 g/mol. The Morgan fingerprint density at radius 2 is 1.48 bits per heavy atom. The Morgan fingerprint density at radius 3 is 2.07 bits per heavy atom. The lowest BCUT2D eigenvalue weighted by atomic mass is 9.77. The highest BCUT2D eigenvalue weighted by Gasteiger charge is 2.29. The standard InChI is InChI=1S/C23H27NO3/c1-23(2,3)20-11-7-6-8-17(20)16-12-14-24(15-13-16)21(25)18-9-4-5-10-19(18)22(26)27/h4-11,16H,12-15H2,1-3H3,(H,26,27). The lowest BCUT2D eigenvalue weighted by molar-refractivity contribution is 0.0661. The first-order valence-corrected chi connectivity index (χ1v) is 9.50. The number of carboxylic acid groups (broad SMARTS) is 1. The van der Waals surface area contributed by atoms with Gasteiger partial charge in [0.15, 0.2) is 0 Å². The highest BCUT2D eigenvalue weighted by molar-refractivity contribution is 6.04. The fraction of sp³-hybridized carbons (Fsp3) is 0.391. The lowest BCUT2D eigenvalue weighted by Gasteiger charge is -2.35. The Kier molecular flexibility index (Phi) is 5.36. The zero-order valence-corrected chi connectivity index (χ0v) is 16.2. The van der Waals surface area contributed by atoms with Crippen LogP contribution in [0.4, 0.5) is 0 Å². The van der Waals surface area contributed by atoms with Crippen LogP contribution >= 0.6 is 0 Å². The number of likely N-dealkylation sites (tertiary alicyclic amines) is 1. The number of amides is 1. The molecule has 0 unspecified atom stereocenters. The Balaban J connectivity index is 1.75. The third-order valence-corrected chi connectivity index (χ3v) is 5.38. The van der Waals surface area contributed by atoms with E-state index >= 15 is 0 Å². The fourth-order valence-electron chi connectivity index (χ4n) is 3.96. The van der Waals surface area contributed by atoms with Crippen molar-refractivity contribution in [3.63, 3.8) is 0 Å². The largest absolute Gasteiger partial charge is 0.478 e. The molecule has 1 fully saturated rings. The molecule has 2 aromatic rings. The maximum absolute atomic E-state index is 12.9. The van der Waals surface area contributed by atoms with Crippen LogP contribution in [-0.4, -0.2) is 35.0 Å². The number of hydrogen-bond donors (Lipinski definition) is 1. The zero-order valence-electron chi connectivity index (χ0n) is 16.2. The Hall–Kier alpha value is -2.62. The molecule has 0 aliphatic carbocycles. The Labute approximate surface area is 160 Å². The minimum Gasteiger partial charge on any atom is -0.478 e. The molecule has 4 heteroatoms. The predicted octanol–water partition coefficient (Wildman–Crippen LogP) is 4.70. The van der Waals surface area contributed by atoms with Crippen molar-refractivity contribution in [1.82, 2.24) is 4.90 Å². The first-order chi connectivity index (χ1) is 12.8. The van der Waals surface area contributed by atoms with E-state index in [9.17, 15) is 14.7 Å². The van der Waals surface area contributed by atoms with Crippen molar-refractivity contribution in [2.75, 3.05) is 13.1 Å². The second-order valence-corrected chi connectivity index (χ2v) is 8.25. The summed E-state index contributed by atoms with van der Waals surface area (Å²) in [7, 11) is 0. The van der Waals surface area contributed by atoms with Gasteiger partial charge in [0.25, 0.3) is 5.91 Å². The van der Waals surface area contributed by atoms with Gasteiger partial charge in [-0.2, -0.15) is 0 Å². The zero-order chi connectivity index (χ0) is 19.6. The van der Waals surface area contributed by atoms with Crippen LogP contribution in [0.25, 0.3) is 0 Å². The number of nitrogens with zero attached hydrogens (tertiary/aromatic N) is 1. The van der Waals surface area contributed by atoms with Crippen LogP contribution in [0.5, 0.6) is 0 Å². The van der Waals surface area contributed by atoms with Crippen molar-refractivity contribution in [1.29, 1.82) is 0 Å². The summed E-state index contributed by atoms with van der Waals surface area (Å²) in [6, 6.07) is 15.0. The van der Waals surface area contributed by atoms with Gasteiger partial charge in [-0.05, 0) is 47.4 Å². The van der Waals surface area contributed by atoms with Gasteiger partial charge in [-0.25, -0.2) is 4.79 Å². The molecule has 0 aromatic heterocycles. The van der Waals surface area contributed by atoms with Crippen LogP contribution in [0.3, 0.4) is 0 Å². The van der Waals surface area contributed by atoms with Gasteiger partial charge in [0, 0.05) is 13.1 Å². The van der Waals surface area contributed by atoms with Crippen molar-refractivity contribution in [2.45, 2.75) is 44.9 Å². The number of carbonyl (C=O) groups is 2. The molecule has 1 aliphatic rings. The average Bonchev–Trinajstić information content (AvgIpc) is 2.67. The molecular formula is C23H27NO3. The molecule has 0 spiro atoms. The molecule has 1 amide bonds. The van der Waals surface area contributed by atoms with Gasteiger partial charge in [-0.3, -0.25) is 4.79 Å². The maximum Gasteiger partial charge on any atom is 0.336 e. The normalized spacial score (nSPS) is 15.6. The quantitative estimate of drug-likeness (QED) is 0.857. The molecule has 1 aliphatic heterocycles. The van der Waals surface area contributed by atoms with Crippen molar-refractivity contribution >= 4 is 11.9 Å². The number of carboxylic acids is 1. The fourth-order valence-corrected chi connectivity index (χ4v) is 3.96. The molecule has 0 atom stereocenters. The number of piperidine rings is 1. The molecule has 0 bridgehead atoms. The molecule has 1 heterocycles. The molecule has 0 saturated carbocycles. The Morgan fingerprint density at radius 1 is 0.926 bits per heavy atom. The minimum atomic E-state index is -1.06. The van der Waals surface area contributed by atoms with Crippen molar-refractivity contribution < 1.29 is 14.7 Å². The topological polar surface area (TPSA) is 57.6 Å². The summed E-state index contributed by atoms with van der Waals surface area (Å²) < 4.78 is 0. The van der Waals surface area contributed by atoms with Gasteiger partial charge in [-0.1, -0.05) is 57.2 Å². The van der Waals surface area contributed by atoms with Gasteiger partial charge in [0.1, 0.15) is 0 Å². The maximum atomic E-state index is 12.9. The van der Waals surface area contributed by atoms with E-state index in [2.05, 4.69) is 45.0 Å². The predicted molar refractivity (Wildman–Crippen MR) is 106 cm³/mol. The second kappa shape index (κ2) is 7.55. The van der Waals surface area contributed by atoms with Crippen LogP contribution in [-0.2, 0) is 5.41 Å². The molecule has 27 heavy (non-hydrogen) atoms. The molecule has 1 N–H and O–H groups in total. The average molecular weight is 365 g/mol. The molecule has 2 aromatic carbocycles. The summed E-state index contributed by atoms with van der Waals surface area (Å²) in [5.74, 6) is -0.817. The van der Waals surface area contributed by atoms with E-state index in [-0.39, 0.29) is 22.4 Å². The molecule has 142 valence electrons. The number of carbonyl (C=O) groups excluding carboxylic acids is 1. The van der Waals surface area contributed by atoms with E-state index in [1.807, 2.05) is 0 Å². The van der Waals surface area contributed by atoms with Crippen molar-refractivity contribution in [2.24, 2.45) is 0 Å². The first kappa shape index (κ1) is 19.2. The van der Waals surface area contributed by atoms with Crippen LogP contribution in [0.1, 0.15) is 71.4 Å². The molecule has 0 radical (unpaired) electrons. The van der Waals surface area contributed by atoms with Gasteiger partial charge in [0.2, 0.25) is 0 Å². The smallest absolute Gasteiger partial charge is 0.336 e. The highest BCUT2D eigenvalue weighted by Crippen LogP contribution is 2.36. The number of benzene rings is 2. The van der Waals surface area contributed by atoms with Gasteiger partial charge in [0.05, 0.1) is 11.1 Å². The summed E-state index contributed by atoms with van der Waals surface area (Å²) in [6.07, 6.45) is 1.79. The first-order valence-electron chi connectivity index (χ1n) is 9.50. The van der Waals surface area contributed by atoms with E-state index in [1.165, 1.54) is 17.2 Å². The third kappa shape index (κ3) is 4.05. The van der Waals surface area contributed by atoms with E-state index in [0.717, 1.165) is 12.8 Å². The van der Waals surface area contributed by atoms with Gasteiger partial charge < -0.3 is 10.0 Å². The van der Waals surface area contributed by atoms with Gasteiger partial charge >= 0.3 is 5.97 Å². The van der Waals surface area contributed by atoms with Crippen molar-refractivity contribution in [3.8, 4) is 0 Å². The monoisotopic (exact) mass is 365 g/mol. The second-order valence-electron chi connectivity index (χ2n) is 8.25. The summed E-state index contributed by atoms with van der Waals surface area (Å²) in [6.45, 7) is 7.99. The number of aromatic carboxylic acids is 1. The molecule has 3 rings (SSSR count). The van der Waals surface area contributed by atoms with Gasteiger partial charge in [-0.15, -0.1) is 0 Å². The van der Waals surface area contributed by atoms with Crippen LogP contribution in [0, 0.1) is 0 Å². The van der Waals surface area contributed by atoms with E-state index in [4.69, 9.17) is 0 Å². The summed E-state index contributed by atoms with van der Waals surface area (Å²) >= 11 is 0. The molecule has 1 saturated heterocycles. The van der Waals surface area contributed by atoms with E-state index in [0.29, 0.717) is 19.0 Å². The van der Waals surface area contributed by atoms with E-state index < -0.39 is 5.97 Å².